The summed E-state index contributed by atoms with van der Waals surface area (Å²) in [5, 5.41) is 11.5. The standard InChI is InChI=1S/C30H50N2O7/c1-4-5-6-7-8-9-10-11-12-13-14-15-16-17-18-19-20-39-28-22-26(21-27(23-28)32(35)36)31(24-29(33)37-2)25-30(34)38-3/h21-23H,4-20,24-25H2,1-3H3. The minimum atomic E-state index is -0.582. The Morgan fingerprint density at radius 2 is 1.15 bits per heavy atom. The second-order valence-corrected chi connectivity index (χ2v) is 10.1. The van der Waals surface area contributed by atoms with Crippen LogP contribution in [0.2, 0.25) is 0 Å². The van der Waals surface area contributed by atoms with Crippen LogP contribution in [0.1, 0.15) is 110 Å². The molecule has 0 heterocycles. The number of carbonyl (C=O) groups excluding carboxylic acids is 2. The number of ether oxygens (including phenoxy) is 3. The molecule has 9 heteroatoms. The highest BCUT2D eigenvalue weighted by Crippen LogP contribution is 2.29. The van der Waals surface area contributed by atoms with Gasteiger partial charge in [0.25, 0.3) is 5.69 Å². The van der Waals surface area contributed by atoms with E-state index in [-0.39, 0.29) is 18.8 Å². The van der Waals surface area contributed by atoms with E-state index in [4.69, 9.17) is 14.2 Å². The monoisotopic (exact) mass is 550 g/mol. The maximum atomic E-state index is 11.8. The van der Waals surface area contributed by atoms with Gasteiger partial charge in [0.2, 0.25) is 0 Å². The molecule has 0 atom stereocenters. The fraction of sp³-hybridized carbons (Fsp3) is 0.733. The normalized spacial score (nSPS) is 10.7. The van der Waals surface area contributed by atoms with E-state index in [1.165, 1.54) is 115 Å². The lowest BCUT2D eigenvalue weighted by Gasteiger charge is -2.22. The predicted octanol–water partition coefficient (Wildman–Crippen LogP) is 7.39. The number of hydrogen-bond donors (Lipinski definition) is 0. The summed E-state index contributed by atoms with van der Waals surface area (Å²) in [5.74, 6) is -0.845. The van der Waals surface area contributed by atoms with E-state index in [2.05, 4.69) is 6.92 Å². The molecule has 0 fully saturated rings. The van der Waals surface area contributed by atoms with Gasteiger partial charge in [-0.25, -0.2) is 0 Å². The number of nitrogens with zero attached hydrogens (tertiary/aromatic N) is 2. The summed E-state index contributed by atoms with van der Waals surface area (Å²) in [6.45, 7) is 2.18. The Balaban J connectivity index is 2.33. The number of non-ortho nitro benzene ring substituents is 1. The Morgan fingerprint density at radius 1 is 0.718 bits per heavy atom. The summed E-state index contributed by atoms with van der Waals surface area (Å²) >= 11 is 0. The molecule has 0 saturated carbocycles. The third-order valence-corrected chi connectivity index (χ3v) is 6.81. The lowest BCUT2D eigenvalue weighted by molar-refractivity contribution is -0.384. The van der Waals surface area contributed by atoms with E-state index in [1.54, 1.807) is 6.07 Å². The van der Waals surface area contributed by atoms with Crippen molar-refractivity contribution in [3.8, 4) is 5.75 Å². The highest BCUT2D eigenvalue weighted by atomic mass is 16.6. The van der Waals surface area contributed by atoms with Gasteiger partial charge in [-0.3, -0.25) is 19.7 Å². The minimum Gasteiger partial charge on any atom is -0.493 e. The molecule has 0 aromatic heterocycles. The van der Waals surface area contributed by atoms with Crippen LogP contribution in [0.25, 0.3) is 0 Å². The number of esters is 2. The first-order valence-electron chi connectivity index (χ1n) is 14.7. The quantitative estimate of drug-likeness (QED) is 0.0567. The average molecular weight is 551 g/mol. The Morgan fingerprint density at radius 3 is 1.56 bits per heavy atom. The van der Waals surface area contributed by atoms with E-state index < -0.39 is 16.9 Å². The van der Waals surface area contributed by atoms with Crippen molar-refractivity contribution in [2.75, 3.05) is 38.8 Å². The summed E-state index contributed by atoms with van der Waals surface area (Å²) in [6.07, 6.45) is 20.5. The Hall–Kier alpha value is -2.84. The molecule has 222 valence electrons. The Bertz CT molecular complexity index is 814. The first-order valence-corrected chi connectivity index (χ1v) is 14.7. The van der Waals surface area contributed by atoms with Gasteiger partial charge in [0.1, 0.15) is 18.8 Å². The average Bonchev–Trinajstić information content (AvgIpc) is 2.93. The maximum Gasteiger partial charge on any atom is 0.325 e. The topological polar surface area (TPSA) is 108 Å². The molecule has 0 aliphatic heterocycles. The van der Waals surface area contributed by atoms with Crippen LogP contribution in [0.15, 0.2) is 18.2 Å². The zero-order valence-corrected chi connectivity index (χ0v) is 24.4. The second kappa shape index (κ2) is 22.0. The SMILES string of the molecule is CCCCCCCCCCCCCCCCCCOc1cc(N(CC(=O)OC)CC(=O)OC)cc([N+](=O)[O-])c1. The molecule has 0 unspecified atom stereocenters. The van der Waals surface area contributed by atoms with Crippen molar-refractivity contribution >= 4 is 23.3 Å². The molecule has 0 aliphatic rings. The first kappa shape index (κ1) is 34.2. The van der Waals surface area contributed by atoms with Crippen LogP contribution in [0.4, 0.5) is 11.4 Å². The zero-order valence-electron chi connectivity index (χ0n) is 24.4. The third kappa shape index (κ3) is 16.7. The van der Waals surface area contributed by atoms with Crippen LogP contribution in [0.3, 0.4) is 0 Å². The highest BCUT2D eigenvalue weighted by molar-refractivity contribution is 5.81. The molecule has 0 amide bonds. The zero-order chi connectivity index (χ0) is 28.7. The van der Waals surface area contributed by atoms with Crippen molar-refractivity contribution < 1.29 is 28.7 Å². The van der Waals surface area contributed by atoms with Crippen molar-refractivity contribution in [3.63, 3.8) is 0 Å². The Kier molecular flexibility index (Phi) is 19.3. The van der Waals surface area contributed by atoms with Crippen LogP contribution in [0, 0.1) is 10.1 Å². The van der Waals surface area contributed by atoms with Gasteiger partial charge in [0, 0.05) is 17.8 Å². The molecule has 1 aromatic rings. The molecule has 9 nitrogen and oxygen atoms in total. The van der Waals surface area contributed by atoms with Crippen molar-refractivity contribution in [1.82, 2.24) is 0 Å². The summed E-state index contributed by atoms with van der Waals surface area (Å²) in [5.41, 5.74) is 0.121. The van der Waals surface area contributed by atoms with Crippen LogP contribution in [0.5, 0.6) is 5.75 Å². The fourth-order valence-corrected chi connectivity index (χ4v) is 4.46. The van der Waals surface area contributed by atoms with Crippen molar-refractivity contribution in [3.05, 3.63) is 28.3 Å². The summed E-state index contributed by atoms with van der Waals surface area (Å²) in [6, 6.07) is 4.24. The van der Waals surface area contributed by atoms with E-state index in [0.717, 1.165) is 19.3 Å². The first-order chi connectivity index (χ1) is 18.9. The van der Waals surface area contributed by atoms with Gasteiger partial charge in [-0.15, -0.1) is 0 Å². The van der Waals surface area contributed by atoms with Crippen LogP contribution in [-0.2, 0) is 19.1 Å². The lowest BCUT2D eigenvalue weighted by Crippen LogP contribution is -2.35. The minimum absolute atomic E-state index is 0.186. The number of rotatable bonds is 24. The number of nitro benzene ring substituents is 1. The number of benzene rings is 1. The summed E-state index contributed by atoms with van der Waals surface area (Å²) < 4.78 is 15.2. The van der Waals surface area contributed by atoms with Gasteiger partial charge >= 0.3 is 11.9 Å². The highest BCUT2D eigenvalue weighted by Gasteiger charge is 2.20. The lowest BCUT2D eigenvalue weighted by atomic mass is 10.0. The van der Waals surface area contributed by atoms with Gasteiger partial charge in [0.15, 0.2) is 0 Å². The molecule has 0 spiro atoms. The number of unbranched alkanes of at least 4 members (excludes halogenated alkanes) is 15. The molecule has 0 N–H and O–H groups in total. The van der Waals surface area contributed by atoms with Gasteiger partial charge in [0.05, 0.1) is 31.8 Å². The van der Waals surface area contributed by atoms with Crippen molar-refractivity contribution in [2.45, 2.75) is 110 Å². The fourth-order valence-electron chi connectivity index (χ4n) is 4.46. The largest absolute Gasteiger partial charge is 0.493 e. The van der Waals surface area contributed by atoms with E-state index in [1.807, 2.05) is 0 Å². The number of carbonyl (C=O) groups is 2. The number of nitro groups is 1. The van der Waals surface area contributed by atoms with Gasteiger partial charge in [-0.05, 0) is 6.42 Å². The van der Waals surface area contributed by atoms with Crippen LogP contribution >= 0.6 is 0 Å². The molecule has 1 aromatic carbocycles. The van der Waals surface area contributed by atoms with E-state index in [9.17, 15) is 19.7 Å². The molecule has 0 saturated heterocycles. The molecule has 0 bridgehead atoms. The van der Waals surface area contributed by atoms with Gasteiger partial charge in [-0.2, -0.15) is 0 Å². The van der Waals surface area contributed by atoms with Gasteiger partial charge in [-0.1, -0.05) is 103 Å². The van der Waals surface area contributed by atoms with Crippen LogP contribution < -0.4 is 9.64 Å². The number of anilines is 1. The van der Waals surface area contributed by atoms with Crippen LogP contribution in [-0.4, -0.2) is 50.8 Å². The number of hydrogen-bond acceptors (Lipinski definition) is 8. The van der Waals surface area contributed by atoms with Gasteiger partial charge < -0.3 is 19.1 Å². The summed E-state index contributed by atoms with van der Waals surface area (Å²) in [4.78, 5) is 36.0. The molecule has 0 aliphatic carbocycles. The predicted molar refractivity (Wildman–Crippen MR) is 154 cm³/mol. The van der Waals surface area contributed by atoms with Crippen molar-refractivity contribution in [1.29, 1.82) is 0 Å². The molecule has 1 rings (SSSR count). The van der Waals surface area contributed by atoms with Crippen molar-refractivity contribution in [2.24, 2.45) is 0 Å². The molecule has 39 heavy (non-hydrogen) atoms. The molecule has 0 radical (unpaired) electrons. The second-order valence-electron chi connectivity index (χ2n) is 10.1. The van der Waals surface area contributed by atoms with E-state index in [0.29, 0.717) is 18.0 Å². The Labute approximate surface area is 234 Å². The number of methoxy groups -OCH3 is 2. The maximum absolute atomic E-state index is 11.8. The molecular formula is C30H50N2O7. The molecular weight excluding hydrogens is 500 g/mol. The summed E-state index contributed by atoms with van der Waals surface area (Å²) in [7, 11) is 2.47. The smallest absolute Gasteiger partial charge is 0.325 e. The third-order valence-electron chi connectivity index (χ3n) is 6.81. The van der Waals surface area contributed by atoms with E-state index >= 15 is 0 Å².